The number of carbonyl (C=O) groups excluding carboxylic acids is 2. The molecule has 5 rings (SSSR count). The molecular weight excluding hydrogens is 366 g/mol. The Morgan fingerprint density at radius 3 is 2.52 bits per heavy atom. The van der Waals surface area contributed by atoms with Crippen LogP contribution in [0.2, 0.25) is 0 Å². The minimum Gasteiger partial charge on any atom is -0.497 e. The van der Waals surface area contributed by atoms with Crippen LogP contribution < -0.4 is 9.64 Å². The zero-order valence-corrected chi connectivity index (χ0v) is 16.4. The average molecular weight is 389 g/mol. The molecule has 29 heavy (non-hydrogen) atoms. The van der Waals surface area contributed by atoms with E-state index in [1.54, 1.807) is 19.2 Å². The molecule has 1 unspecified atom stereocenters. The largest absolute Gasteiger partial charge is 0.497 e. The molecule has 2 aliphatic heterocycles. The highest BCUT2D eigenvalue weighted by molar-refractivity contribution is 6.32. The van der Waals surface area contributed by atoms with E-state index in [0.717, 1.165) is 49.0 Å². The van der Waals surface area contributed by atoms with Crippen LogP contribution in [0, 0.1) is 0 Å². The minimum atomic E-state index is -0.876. The summed E-state index contributed by atoms with van der Waals surface area (Å²) in [7, 11) is 1.64. The standard InChI is InChI=1S/C24H23NO4/c1-28-18-11-10-16-14-19-21(29-24(20(16)15-18)12-6-3-7-13-24)23(27)25(22(19)26)17-8-4-2-5-9-17/h2,4-5,8-11,14-15,21H,3,6-7,12-13H2,1H3. The third-order valence-corrected chi connectivity index (χ3v) is 6.26. The lowest BCUT2D eigenvalue weighted by molar-refractivity contribution is -0.143. The number of amides is 2. The Labute approximate surface area is 169 Å². The van der Waals surface area contributed by atoms with E-state index in [0.29, 0.717) is 11.3 Å². The zero-order valence-electron chi connectivity index (χ0n) is 16.4. The van der Waals surface area contributed by atoms with Gasteiger partial charge >= 0.3 is 0 Å². The van der Waals surface area contributed by atoms with Gasteiger partial charge in [0.25, 0.3) is 11.8 Å². The van der Waals surface area contributed by atoms with Crippen LogP contribution in [0.5, 0.6) is 5.75 Å². The van der Waals surface area contributed by atoms with Gasteiger partial charge in [-0.3, -0.25) is 9.59 Å². The predicted molar refractivity (Wildman–Crippen MR) is 110 cm³/mol. The number of nitrogens with zero attached hydrogens (tertiary/aromatic N) is 1. The number of imide groups is 1. The van der Waals surface area contributed by atoms with Crippen molar-refractivity contribution >= 4 is 23.6 Å². The maximum atomic E-state index is 13.3. The van der Waals surface area contributed by atoms with Crippen LogP contribution in [0.15, 0.2) is 54.1 Å². The number of hydrogen-bond acceptors (Lipinski definition) is 4. The molecule has 2 aromatic carbocycles. The summed E-state index contributed by atoms with van der Waals surface area (Å²) in [6.45, 7) is 0. The van der Waals surface area contributed by atoms with Gasteiger partial charge in [-0.25, -0.2) is 4.90 Å². The second kappa shape index (κ2) is 6.85. The summed E-state index contributed by atoms with van der Waals surface area (Å²) in [5, 5.41) is 0. The van der Waals surface area contributed by atoms with Crippen LogP contribution in [-0.4, -0.2) is 25.0 Å². The molecule has 0 N–H and O–H groups in total. The third-order valence-electron chi connectivity index (χ3n) is 6.26. The normalized spacial score (nSPS) is 22.7. The fourth-order valence-electron chi connectivity index (χ4n) is 4.81. The molecule has 2 fully saturated rings. The highest BCUT2D eigenvalue weighted by Gasteiger charge is 2.51. The number of methoxy groups -OCH3 is 1. The van der Waals surface area contributed by atoms with Gasteiger partial charge in [-0.05, 0) is 54.3 Å². The fourth-order valence-corrected chi connectivity index (χ4v) is 4.81. The SMILES string of the molecule is COc1ccc2c(c1)C1(CCCCC1)OC1C(=O)N(c3ccccc3)C(=O)C1=C2. The third kappa shape index (κ3) is 2.80. The maximum absolute atomic E-state index is 13.3. The summed E-state index contributed by atoms with van der Waals surface area (Å²) in [5.74, 6) is 0.143. The number of carbonyl (C=O) groups is 2. The lowest BCUT2D eigenvalue weighted by Gasteiger charge is -2.39. The van der Waals surface area contributed by atoms with Crippen molar-refractivity contribution in [3.63, 3.8) is 0 Å². The summed E-state index contributed by atoms with van der Waals surface area (Å²) in [6, 6.07) is 14.9. The molecule has 148 valence electrons. The summed E-state index contributed by atoms with van der Waals surface area (Å²) >= 11 is 0. The van der Waals surface area contributed by atoms with Gasteiger partial charge in [0.1, 0.15) is 5.75 Å². The molecule has 0 radical (unpaired) electrons. The first-order chi connectivity index (χ1) is 14.1. The summed E-state index contributed by atoms with van der Waals surface area (Å²) in [4.78, 5) is 27.8. The number of ether oxygens (including phenoxy) is 2. The molecule has 5 heteroatoms. The van der Waals surface area contributed by atoms with Crippen LogP contribution in [-0.2, 0) is 19.9 Å². The number of anilines is 1. The minimum absolute atomic E-state index is 0.305. The van der Waals surface area contributed by atoms with E-state index in [1.165, 1.54) is 4.90 Å². The molecule has 1 spiro atoms. The molecule has 0 bridgehead atoms. The van der Waals surface area contributed by atoms with Crippen molar-refractivity contribution in [2.45, 2.75) is 43.8 Å². The van der Waals surface area contributed by atoms with Gasteiger partial charge in [0.2, 0.25) is 0 Å². The summed E-state index contributed by atoms with van der Waals surface area (Å²) in [5.41, 5.74) is 2.36. The van der Waals surface area contributed by atoms with Crippen molar-refractivity contribution in [1.82, 2.24) is 0 Å². The molecule has 2 aromatic rings. The molecule has 0 aromatic heterocycles. The van der Waals surface area contributed by atoms with E-state index >= 15 is 0 Å². The molecule has 2 amide bonds. The lowest BCUT2D eigenvalue weighted by atomic mass is 9.77. The smallest absolute Gasteiger partial charge is 0.268 e. The topological polar surface area (TPSA) is 55.8 Å². The number of hydrogen-bond donors (Lipinski definition) is 0. The van der Waals surface area contributed by atoms with Gasteiger partial charge in [0, 0.05) is 0 Å². The Bertz CT molecular complexity index is 1000. The molecule has 1 saturated heterocycles. The van der Waals surface area contributed by atoms with E-state index in [4.69, 9.17) is 9.47 Å². The average Bonchev–Trinajstić information content (AvgIpc) is 2.90. The lowest BCUT2D eigenvalue weighted by Crippen LogP contribution is -2.40. The Morgan fingerprint density at radius 1 is 1.03 bits per heavy atom. The number of para-hydroxylation sites is 1. The van der Waals surface area contributed by atoms with Crippen LogP contribution in [0.3, 0.4) is 0 Å². The number of rotatable bonds is 2. The zero-order chi connectivity index (χ0) is 20.0. The van der Waals surface area contributed by atoms with Gasteiger partial charge in [-0.1, -0.05) is 43.5 Å². The van der Waals surface area contributed by atoms with Crippen LogP contribution in [0.25, 0.3) is 6.08 Å². The van der Waals surface area contributed by atoms with Crippen molar-refractivity contribution in [2.24, 2.45) is 0 Å². The van der Waals surface area contributed by atoms with Crippen LogP contribution >= 0.6 is 0 Å². The van der Waals surface area contributed by atoms with Crippen LogP contribution in [0.1, 0.15) is 43.2 Å². The van der Waals surface area contributed by atoms with Crippen molar-refractivity contribution in [2.75, 3.05) is 12.0 Å². The van der Waals surface area contributed by atoms with E-state index in [1.807, 2.05) is 42.5 Å². The molecule has 2 heterocycles. The van der Waals surface area contributed by atoms with Crippen molar-refractivity contribution in [1.29, 1.82) is 0 Å². The highest BCUT2D eigenvalue weighted by Crippen LogP contribution is 2.48. The van der Waals surface area contributed by atoms with E-state index < -0.39 is 11.7 Å². The fraction of sp³-hybridized carbons (Fsp3) is 0.333. The van der Waals surface area contributed by atoms with Crippen molar-refractivity contribution < 1.29 is 19.1 Å². The van der Waals surface area contributed by atoms with Gasteiger partial charge in [0.15, 0.2) is 6.10 Å². The van der Waals surface area contributed by atoms with E-state index in [-0.39, 0.29) is 11.8 Å². The van der Waals surface area contributed by atoms with Gasteiger partial charge in [-0.15, -0.1) is 0 Å². The Balaban J connectivity index is 1.65. The molecule has 3 aliphatic rings. The Kier molecular flexibility index (Phi) is 4.28. The van der Waals surface area contributed by atoms with Crippen molar-refractivity contribution in [3.8, 4) is 5.75 Å². The van der Waals surface area contributed by atoms with Crippen LogP contribution in [0.4, 0.5) is 5.69 Å². The van der Waals surface area contributed by atoms with Crippen molar-refractivity contribution in [3.05, 3.63) is 65.2 Å². The first kappa shape index (κ1) is 18.1. The number of fused-ring (bicyclic) bond motifs is 3. The summed E-state index contributed by atoms with van der Waals surface area (Å²) in [6.07, 6.45) is 5.84. The first-order valence-corrected chi connectivity index (χ1v) is 10.1. The monoisotopic (exact) mass is 389 g/mol. The summed E-state index contributed by atoms with van der Waals surface area (Å²) < 4.78 is 12.0. The predicted octanol–water partition coefficient (Wildman–Crippen LogP) is 4.21. The second-order valence-corrected chi connectivity index (χ2v) is 7.92. The maximum Gasteiger partial charge on any atom is 0.268 e. The van der Waals surface area contributed by atoms with Gasteiger partial charge in [0.05, 0.1) is 24.0 Å². The Hall–Kier alpha value is -2.92. The highest BCUT2D eigenvalue weighted by atomic mass is 16.5. The second-order valence-electron chi connectivity index (χ2n) is 7.92. The molecule has 1 atom stereocenters. The first-order valence-electron chi connectivity index (χ1n) is 10.1. The molecule has 1 aliphatic carbocycles. The quantitative estimate of drug-likeness (QED) is 0.722. The van der Waals surface area contributed by atoms with Gasteiger partial charge in [-0.2, -0.15) is 0 Å². The van der Waals surface area contributed by atoms with E-state index in [9.17, 15) is 9.59 Å². The van der Waals surface area contributed by atoms with E-state index in [2.05, 4.69) is 0 Å². The molecular formula is C24H23NO4. The molecule has 5 nitrogen and oxygen atoms in total. The number of benzene rings is 2. The van der Waals surface area contributed by atoms with Gasteiger partial charge < -0.3 is 9.47 Å². The Morgan fingerprint density at radius 2 is 1.79 bits per heavy atom. The molecule has 1 saturated carbocycles.